The maximum absolute atomic E-state index is 14.6. The van der Waals surface area contributed by atoms with Crippen LogP contribution in [0.4, 0.5) is 26.3 Å². The predicted octanol–water partition coefficient (Wildman–Crippen LogP) is 2.87. The maximum atomic E-state index is 14.6. The van der Waals surface area contributed by atoms with Crippen molar-refractivity contribution in [3.63, 3.8) is 0 Å². The number of aliphatic hydroxyl groups is 5. The third-order valence-electron chi connectivity index (χ3n) is 5.82. The summed E-state index contributed by atoms with van der Waals surface area (Å²) in [6.45, 7) is -3.78. The van der Waals surface area contributed by atoms with Crippen molar-refractivity contribution in [2.45, 2.75) is 44.3 Å². The van der Waals surface area contributed by atoms with E-state index in [9.17, 15) is 57.0 Å². The van der Waals surface area contributed by atoms with Gasteiger partial charge in [-0.25, -0.2) is 0 Å². The second-order valence-corrected chi connectivity index (χ2v) is 7.74. The summed E-state index contributed by atoms with van der Waals surface area (Å²) in [6.07, 6.45) is -12.7. The van der Waals surface area contributed by atoms with Crippen molar-refractivity contribution in [1.29, 1.82) is 0 Å². The highest BCUT2D eigenvalue weighted by molar-refractivity contribution is 5.50. The number of hydrogen-bond acceptors (Lipinski definition) is 6. The van der Waals surface area contributed by atoms with Crippen LogP contribution in [0.25, 0.3) is 0 Å². The molecular formula is C20H22F6O6. The van der Waals surface area contributed by atoms with Crippen LogP contribution in [0.3, 0.4) is 0 Å². The molecule has 1 aliphatic carbocycles. The number of alkyl halides is 6. The van der Waals surface area contributed by atoms with E-state index in [1.54, 1.807) is 0 Å². The molecule has 0 saturated carbocycles. The Labute approximate surface area is 178 Å². The molecule has 1 unspecified atom stereocenters. The first-order valence-electron chi connectivity index (χ1n) is 9.20. The first-order valence-corrected chi connectivity index (χ1v) is 9.20. The minimum Gasteiger partial charge on any atom is -0.508 e. The van der Waals surface area contributed by atoms with Gasteiger partial charge < -0.3 is 30.6 Å². The predicted molar refractivity (Wildman–Crippen MR) is 98.4 cm³/mol. The zero-order chi connectivity index (χ0) is 24.7. The van der Waals surface area contributed by atoms with Crippen molar-refractivity contribution in [1.82, 2.24) is 0 Å². The SMILES string of the molecule is CC1(C(c2cc(CO)c(O)c(CO)c2)(C(F)(F)F)C(F)(F)F)C=C(CO)C(O)=C(CO)C1. The minimum atomic E-state index is -6.03. The Morgan fingerprint density at radius 2 is 1.28 bits per heavy atom. The maximum Gasteiger partial charge on any atom is 0.408 e. The van der Waals surface area contributed by atoms with Crippen LogP contribution in [-0.2, 0) is 18.6 Å². The van der Waals surface area contributed by atoms with Crippen molar-refractivity contribution in [3.8, 4) is 5.75 Å². The van der Waals surface area contributed by atoms with E-state index in [1.165, 1.54) is 0 Å². The number of allylic oxidation sites excluding steroid dienone is 1. The molecule has 0 heterocycles. The Morgan fingerprint density at radius 1 is 0.812 bits per heavy atom. The highest BCUT2D eigenvalue weighted by atomic mass is 19.4. The van der Waals surface area contributed by atoms with Crippen molar-refractivity contribution < 1.29 is 57.0 Å². The van der Waals surface area contributed by atoms with Gasteiger partial charge in [-0.3, -0.25) is 0 Å². The molecule has 0 fully saturated rings. The van der Waals surface area contributed by atoms with Crippen molar-refractivity contribution in [2.24, 2.45) is 5.41 Å². The lowest BCUT2D eigenvalue weighted by Gasteiger charge is -2.51. The summed E-state index contributed by atoms with van der Waals surface area (Å²) in [7, 11) is 0. The van der Waals surface area contributed by atoms with Crippen molar-refractivity contribution >= 4 is 0 Å². The fraction of sp³-hybridized carbons (Fsp3) is 0.500. The van der Waals surface area contributed by atoms with Crippen LogP contribution in [0.15, 0.2) is 35.1 Å². The van der Waals surface area contributed by atoms with Crippen LogP contribution in [-0.4, -0.2) is 56.2 Å². The Bertz CT molecular complexity index is 894. The molecule has 12 heteroatoms. The summed E-state index contributed by atoms with van der Waals surface area (Å²) in [5.74, 6) is -1.66. The number of halogens is 6. The fourth-order valence-corrected chi connectivity index (χ4v) is 4.43. The zero-order valence-corrected chi connectivity index (χ0v) is 16.7. The van der Waals surface area contributed by atoms with Gasteiger partial charge >= 0.3 is 12.4 Å². The lowest BCUT2D eigenvalue weighted by atomic mass is 9.55. The molecule has 6 N–H and O–H groups in total. The number of benzene rings is 1. The van der Waals surface area contributed by atoms with E-state index in [1.807, 2.05) is 0 Å². The highest BCUT2D eigenvalue weighted by Crippen LogP contribution is 2.65. The molecule has 1 aromatic rings. The molecule has 1 aliphatic rings. The van der Waals surface area contributed by atoms with Gasteiger partial charge in [0.1, 0.15) is 11.5 Å². The van der Waals surface area contributed by atoms with E-state index in [4.69, 9.17) is 0 Å². The van der Waals surface area contributed by atoms with E-state index < -0.39 is 95.4 Å². The summed E-state index contributed by atoms with van der Waals surface area (Å²) >= 11 is 0. The van der Waals surface area contributed by atoms with E-state index in [0.717, 1.165) is 0 Å². The van der Waals surface area contributed by atoms with E-state index in [0.29, 0.717) is 25.1 Å². The molecule has 0 aliphatic heterocycles. The van der Waals surface area contributed by atoms with Crippen LogP contribution in [0.1, 0.15) is 30.0 Å². The Morgan fingerprint density at radius 3 is 1.62 bits per heavy atom. The fourth-order valence-electron chi connectivity index (χ4n) is 4.43. The first-order chi connectivity index (χ1) is 14.6. The molecular weight excluding hydrogens is 450 g/mol. The molecule has 0 bridgehead atoms. The van der Waals surface area contributed by atoms with Crippen LogP contribution in [0, 0.1) is 5.41 Å². The Kier molecular flexibility index (Phi) is 6.96. The molecule has 32 heavy (non-hydrogen) atoms. The van der Waals surface area contributed by atoms with Gasteiger partial charge in [-0.2, -0.15) is 26.3 Å². The Hall–Kier alpha value is -2.28. The molecule has 0 aromatic heterocycles. The van der Waals surface area contributed by atoms with Gasteiger partial charge in [0.05, 0.1) is 26.4 Å². The largest absolute Gasteiger partial charge is 0.508 e. The average Bonchev–Trinajstić information content (AvgIpc) is 2.68. The summed E-state index contributed by atoms with van der Waals surface area (Å²) in [5, 5.41) is 57.7. The monoisotopic (exact) mass is 472 g/mol. The summed E-state index contributed by atoms with van der Waals surface area (Å²) in [6, 6.07) is 0.702. The van der Waals surface area contributed by atoms with E-state index >= 15 is 0 Å². The highest BCUT2D eigenvalue weighted by Gasteiger charge is 2.78. The smallest absolute Gasteiger partial charge is 0.408 e. The number of rotatable bonds is 6. The Balaban J connectivity index is 3.07. The van der Waals surface area contributed by atoms with Gasteiger partial charge in [0, 0.05) is 22.1 Å². The molecule has 0 amide bonds. The lowest BCUT2D eigenvalue weighted by Crippen LogP contribution is -2.63. The third kappa shape index (κ3) is 3.74. The van der Waals surface area contributed by atoms with Crippen LogP contribution in [0.2, 0.25) is 0 Å². The molecule has 1 atom stereocenters. The van der Waals surface area contributed by atoms with E-state index in [2.05, 4.69) is 0 Å². The van der Waals surface area contributed by atoms with Crippen LogP contribution >= 0.6 is 0 Å². The molecule has 0 radical (unpaired) electrons. The summed E-state index contributed by atoms with van der Waals surface area (Å²) < 4.78 is 87.5. The molecule has 180 valence electrons. The lowest BCUT2D eigenvalue weighted by molar-refractivity contribution is -0.329. The zero-order valence-electron chi connectivity index (χ0n) is 16.7. The van der Waals surface area contributed by atoms with Crippen molar-refractivity contribution in [2.75, 3.05) is 13.2 Å². The van der Waals surface area contributed by atoms with Gasteiger partial charge in [0.15, 0.2) is 5.41 Å². The van der Waals surface area contributed by atoms with Gasteiger partial charge in [0.2, 0.25) is 0 Å². The normalized spacial score (nSPS) is 20.5. The van der Waals surface area contributed by atoms with E-state index in [-0.39, 0.29) is 0 Å². The van der Waals surface area contributed by atoms with Gasteiger partial charge in [-0.1, -0.05) is 13.0 Å². The first kappa shape index (κ1) is 26.0. The standard InChI is InChI=1S/C20H22F6O6/c1-17(4-12(8-29)16(32)13(5-17)9-30)18(19(21,22)23,20(24,25)26)14-2-10(6-27)15(31)11(3-14)7-28/h2-4,27-32H,5-9H2,1H3. The van der Waals surface area contributed by atoms with Gasteiger partial charge in [-0.05, 0) is 29.7 Å². The molecule has 0 saturated heterocycles. The molecule has 0 spiro atoms. The number of aliphatic hydroxyl groups excluding tert-OH is 5. The second-order valence-electron chi connectivity index (χ2n) is 7.74. The third-order valence-corrected chi connectivity index (χ3v) is 5.82. The topological polar surface area (TPSA) is 121 Å². The molecule has 1 aromatic carbocycles. The van der Waals surface area contributed by atoms with Crippen LogP contribution in [0.5, 0.6) is 5.75 Å². The summed E-state index contributed by atoms with van der Waals surface area (Å²) in [4.78, 5) is 0. The molecule has 2 rings (SSSR count). The second kappa shape index (κ2) is 8.58. The summed E-state index contributed by atoms with van der Waals surface area (Å²) in [5.41, 5.74) is -11.5. The molecule has 6 nitrogen and oxygen atoms in total. The number of phenols is 1. The van der Waals surface area contributed by atoms with Crippen LogP contribution < -0.4 is 0 Å². The number of aromatic hydroxyl groups is 1. The quantitative estimate of drug-likeness (QED) is 0.354. The van der Waals surface area contributed by atoms with Gasteiger partial charge in [-0.15, -0.1) is 0 Å². The van der Waals surface area contributed by atoms with Crippen molar-refractivity contribution in [3.05, 3.63) is 51.8 Å². The van der Waals surface area contributed by atoms with Gasteiger partial charge in [0.25, 0.3) is 0 Å². The number of hydrogen-bond donors (Lipinski definition) is 6. The minimum absolute atomic E-state index is 0.351. The average molecular weight is 472 g/mol.